The summed E-state index contributed by atoms with van der Waals surface area (Å²) in [4.78, 5) is 19.6. The van der Waals surface area contributed by atoms with E-state index in [1.807, 2.05) is 0 Å². The first-order valence-corrected chi connectivity index (χ1v) is 13.4. The molecular formula is C20H17Cl2F3N3O7PS. The minimum atomic E-state index is -5.19. The maximum absolute atomic E-state index is 13.7. The normalized spacial score (nSPS) is 24.4. The highest BCUT2D eigenvalue weighted by Gasteiger charge is 2.50. The van der Waals surface area contributed by atoms with Crippen molar-refractivity contribution in [3.05, 3.63) is 64.0 Å². The summed E-state index contributed by atoms with van der Waals surface area (Å²) in [7, 11) is -5.19. The third-order valence-electron chi connectivity index (χ3n) is 5.32. The SMILES string of the molecule is O=P(O)(O)OC1[C@@H](Sc2ccc(Cl)c(Cl)c2)OC(CO)[C@H](O)[C@@H]1n1cc(-c2cc(F)c(F)c(F)c2)nn1. The molecule has 5 atom stereocenters. The summed E-state index contributed by atoms with van der Waals surface area (Å²) in [6, 6.07) is 4.43. The lowest BCUT2D eigenvalue weighted by atomic mass is 9.97. The summed E-state index contributed by atoms with van der Waals surface area (Å²) < 4.78 is 64.3. The lowest BCUT2D eigenvalue weighted by Crippen LogP contribution is -2.55. The first-order chi connectivity index (χ1) is 17.4. The second-order valence-corrected chi connectivity index (χ2v) is 11.0. The van der Waals surface area contributed by atoms with Gasteiger partial charge in [-0.1, -0.05) is 40.2 Å². The average molecular weight is 602 g/mol. The zero-order valence-electron chi connectivity index (χ0n) is 18.2. The fourth-order valence-electron chi connectivity index (χ4n) is 3.67. The quantitative estimate of drug-likeness (QED) is 0.234. The van der Waals surface area contributed by atoms with Crippen LogP contribution in [0.2, 0.25) is 10.0 Å². The van der Waals surface area contributed by atoms with E-state index in [1.54, 1.807) is 6.07 Å². The molecule has 0 bridgehead atoms. The third-order valence-corrected chi connectivity index (χ3v) is 7.72. The smallest absolute Gasteiger partial charge is 0.394 e. The number of aliphatic hydroxyl groups is 2. The van der Waals surface area contributed by atoms with Crippen LogP contribution in [0.3, 0.4) is 0 Å². The van der Waals surface area contributed by atoms with Crippen LogP contribution in [0.5, 0.6) is 0 Å². The van der Waals surface area contributed by atoms with E-state index in [-0.39, 0.29) is 21.3 Å². The molecule has 4 rings (SSSR count). The molecule has 2 unspecified atom stereocenters. The van der Waals surface area contributed by atoms with Crippen molar-refractivity contribution < 1.29 is 47.0 Å². The molecule has 1 aromatic heterocycles. The maximum Gasteiger partial charge on any atom is 0.470 e. The highest BCUT2D eigenvalue weighted by molar-refractivity contribution is 7.99. The van der Waals surface area contributed by atoms with Gasteiger partial charge in [-0.3, -0.25) is 4.52 Å². The van der Waals surface area contributed by atoms with Crippen molar-refractivity contribution in [2.24, 2.45) is 0 Å². The topological polar surface area (TPSA) is 147 Å². The molecule has 1 saturated heterocycles. The largest absolute Gasteiger partial charge is 0.470 e. The molecule has 1 aliphatic heterocycles. The number of hydrogen-bond acceptors (Lipinski definition) is 8. The van der Waals surface area contributed by atoms with E-state index in [4.69, 9.17) is 32.5 Å². The van der Waals surface area contributed by atoms with Gasteiger partial charge in [0, 0.05) is 10.5 Å². The van der Waals surface area contributed by atoms with Crippen molar-refractivity contribution in [2.75, 3.05) is 6.61 Å². The lowest BCUT2D eigenvalue weighted by molar-refractivity contribution is -0.175. The Morgan fingerprint density at radius 3 is 2.41 bits per heavy atom. The molecule has 4 N–H and O–H groups in total. The van der Waals surface area contributed by atoms with Crippen molar-refractivity contribution >= 4 is 42.8 Å². The molecule has 0 amide bonds. The second kappa shape index (κ2) is 11.2. The number of aromatic nitrogens is 3. The van der Waals surface area contributed by atoms with Gasteiger partial charge in [-0.25, -0.2) is 22.4 Å². The van der Waals surface area contributed by atoms with Gasteiger partial charge in [0.05, 0.1) is 22.8 Å². The van der Waals surface area contributed by atoms with Crippen molar-refractivity contribution in [3.63, 3.8) is 0 Å². The Labute approximate surface area is 221 Å². The molecule has 3 aromatic rings. The fraction of sp³-hybridized carbons (Fsp3) is 0.300. The van der Waals surface area contributed by atoms with E-state index in [9.17, 15) is 37.7 Å². The molecule has 0 radical (unpaired) electrons. The number of ether oxygens (including phenoxy) is 1. The summed E-state index contributed by atoms with van der Waals surface area (Å²) in [5.74, 6) is -4.63. The van der Waals surface area contributed by atoms with Gasteiger partial charge < -0.3 is 24.7 Å². The number of rotatable bonds is 7. The van der Waals surface area contributed by atoms with Crippen LogP contribution in [-0.4, -0.2) is 65.3 Å². The van der Waals surface area contributed by atoms with Gasteiger partial charge in [-0.15, -0.1) is 5.10 Å². The first kappa shape index (κ1) is 28.3. The van der Waals surface area contributed by atoms with Gasteiger partial charge in [-0.2, -0.15) is 0 Å². The van der Waals surface area contributed by atoms with Crippen LogP contribution < -0.4 is 0 Å². The number of halogens is 5. The Hall–Kier alpha value is -1.71. The van der Waals surface area contributed by atoms with E-state index in [0.717, 1.165) is 22.6 Å². The Bertz CT molecular complexity index is 1330. The highest BCUT2D eigenvalue weighted by Crippen LogP contribution is 2.48. The van der Waals surface area contributed by atoms with Gasteiger partial charge in [0.25, 0.3) is 0 Å². The molecule has 0 aliphatic carbocycles. The van der Waals surface area contributed by atoms with Gasteiger partial charge in [0.2, 0.25) is 0 Å². The van der Waals surface area contributed by atoms with E-state index in [1.165, 1.54) is 12.1 Å². The number of thioether (sulfide) groups is 1. The molecule has 17 heteroatoms. The Balaban J connectivity index is 1.74. The lowest BCUT2D eigenvalue weighted by Gasteiger charge is -2.43. The summed E-state index contributed by atoms with van der Waals surface area (Å²) in [5.41, 5.74) is -1.60. The van der Waals surface area contributed by atoms with Crippen LogP contribution in [0.4, 0.5) is 13.2 Å². The van der Waals surface area contributed by atoms with E-state index < -0.39 is 61.7 Å². The second-order valence-electron chi connectivity index (χ2n) is 7.80. The molecule has 10 nitrogen and oxygen atoms in total. The summed E-state index contributed by atoms with van der Waals surface area (Å²) in [5, 5.41) is 28.7. The number of benzene rings is 2. The number of nitrogens with zero attached hydrogens (tertiary/aromatic N) is 3. The summed E-state index contributed by atoms with van der Waals surface area (Å²) in [6.07, 6.45) is -3.40. The molecule has 2 heterocycles. The molecular weight excluding hydrogens is 585 g/mol. The molecule has 200 valence electrons. The maximum atomic E-state index is 13.7. The van der Waals surface area contributed by atoms with Crippen molar-refractivity contribution in [2.45, 2.75) is 34.7 Å². The van der Waals surface area contributed by atoms with Crippen LogP contribution >= 0.6 is 42.8 Å². The van der Waals surface area contributed by atoms with Crippen LogP contribution in [0.1, 0.15) is 6.04 Å². The third kappa shape index (κ3) is 6.31. The molecule has 0 spiro atoms. The monoisotopic (exact) mass is 601 g/mol. The predicted molar refractivity (Wildman–Crippen MR) is 125 cm³/mol. The minimum Gasteiger partial charge on any atom is -0.394 e. The zero-order valence-corrected chi connectivity index (χ0v) is 21.4. The number of aliphatic hydroxyl groups excluding tert-OH is 2. The highest BCUT2D eigenvalue weighted by atomic mass is 35.5. The molecule has 37 heavy (non-hydrogen) atoms. The molecule has 1 fully saturated rings. The molecule has 0 saturated carbocycles. The van der Waals surface area contributed by atoms with E-state index in [2.05, 4.69) is 10.3 Å². The van der Waals surface area contributed by atoms with Gasteiger partial charge in [0.1, 0.15) is 35.5 Å². The average Bonchev–Trinajstić information content (AvgIpc) is 3.30. The molecule has 1 aliphatic rings. The number of phosphoric ester groups is 1. The van der Waals surface area contributed by atoms with Crippen LogP contribution in [0, 0.1) is 17.5 Å². The summed E-state index contributed by atoms with van der Waals surface area (Å²) in [6.45, 7) is -0.700. The Kier molecular flexibility index (Phi) is 8.56. The van der Waals surface area contributed by atoms with Crippen molar-refractivity contribution in [3.8, 4) is 11.3 Å². The van der Waals surface area contributed by atoms with Crippen LogP contribution in [-0.2, 0) is 13.8 Å². The van der Waals surface area contributed by atoms with Crippen LogP contribution in [0.25, 0.3) is 11.3 Å². The molecule has 2 aromatic carbocycles. The summed E-state index contributed by atoms with van der Waals surface area (Å²) >= 11 is 12.9. The standard InChI is InChI=1S/C20H17Cl2F3N3O7PS/c21-10-2-1-9(5-11(10)22)37-20-19(35-36(31,32)33)17(18(30)15(7-29)34-20)28-6-14(26-27-28)8-3-12(23)16(25)13(24)4-8/h1-6,15,17-20,29-30H,7H2,(H2,31,32,33)/t15?,17-,18-,19?,20+/m0/s1. The number of hydrogen-bond donors (Lipinski definition) is 4. The Morgan fingerprint density at radius 2 is 1.81 bits per heavy atom. The first-order valence-electron chi connectivity index (χ1n) is 10.2. The van der Waals surface area contributed by atoms with Gasteiger partial charge >= 0.3 is 7.82 Å². The number of phosphoric acid groups is 1. The predicted octanol–water partition coefficient (Wildman–Crippen LogP) is 3.56. The fourth-order valence-corrected chi connectivity index (χ4v) is 5.82. The van der Waals surface area contributed by atoms with Crippen molar-refractivity contribution in [1.82, 2.24) is 15.0 Å². The van der Waals surface area contributed by atoms with Gasteiger partial charge in [-0.05, 0) is 30.3 Å². The minimum absolute atomic E-state index is 0.152. The van der Waals surface area contributed by atoms with Crippen LogP contribution in [0.15, 0.2) is 41.4 Å². The van der Waals surface area contributed by atoms with Crippen molar-refractivity contribution in [1.29, 1.82) is 0 Å². The van der Waals surface area contributed by atoms with Gasteiger partial charge in [0.15, 0.2) is 17.5 Å². The van der Waals surface area contributed by atoms with E-state index in [0.29, 0.717) is 17.0 Å². The van der Waals surface area contributed by atoms with E-state index >= 15 is 0 Å². The Morgan fingerprint density at radius 1 is 1.14 bits per heavy atom. The zero-order chi connectivity index (χ0) is 27.1.